The molecule has 0 radical (unpaired) electrons. The highest BCUT2D eigenvalue weighted by atomic mass is 32.1. The lowest BCUT2D eigenvalue weighted by Crippen LogP contribution is -2.14. The SMILES string of the molecule is O=c1sc2ccccc2n1Cc1ccccc1OCc1ccccc1. The fraction of sp³-hybridized carbons (Fsp3) is 0.0952. The van der Waals surface area contributed by atoms with E-state index in [9.17, 15) is 4.79 Å². The Morgan fingerprint density at radius 1 is 0.840 bits per heavy atom. The molecule has 0 fully saturated rings. The molecule has 4 aromatic rings. The standard InChI is InChI=1S/C21H17NO2S/c23-21-22(18-11-5-7-13-20(18)25-21)14-17-10-4-6-12-19(17)24-15-16-8-2-1-3-9-16/h1-13H,14-15H2. The van der Waals surface area contributed by atoms with Crippen LogP contribution < -0.4 is 9.61 Å². The van der Waals surface area contributed by atoms with Crippen molar-refractivity contribution in [3.05, 3.63) is 99.7 Å². The molecule has 0 aliphatic rings. The molecule has 124 valence electrons. The Balaban J connectivity index is 1.62. The van der Waals surface area contributed by atoms with E-state index in [0.717, 1.165) is 27.1 Å². The van der Waals surface area contributed by atoms with Crippen LogP contribution in [0.4, 0.5) is 0 Å². The molecule has 3 aromatic carbocycles. The molecule has 0 saturated carbocycles. The van der Waals surface area contributed by atoms with Gasteiger partial charge in [-0.1, -0.05) is 72.0 Å². The quantitative estimate of drug-likeness (QED) is 0.524. The Morgan fingerprint density at radius 2 is 1.56 bits per heavy atom. The van der Waals surface area contributed by atoms with Crippen molar-refractivity contribution in [1.82, 2.24) is 4.57 Å². The number of fused-ring (bicyclic) bond motifs is 1. The molecule has 0 aliphatic carbocycles. The van der Waals surface area contributed by atoms with Crippen molar-refractivity contribution in [2.45, 2.75) is 13.2 Å². The van der Waals surface area contributed by atoms with E-state index in [1.54, 1.807) is 0 Å². The van der Waals surface area contributed by atoms with E-state index in [-0.39, 0.29) is 4.87 Å². The first kappa shape index (κ1) is 15.7. The fourth-order valence-corrected chi connectivity index (χ4v) is 3.74. The molecule has 3 nitrogen and oxygen atoms in total. The van der Waals surface area contributed by atoms with Gasteiger partial charge < -0.3 is 4.74 Å². The van der Waals surface area contributed by atoms with Gasteiger partial charge in [0.15, 0.2) is 0 Å². The van der Waals surface area contributed by atoms with Crippen LogP contribution in [0.2, 0.25) is 0 Å². The molecule has 0 atom stereocenters. The van der Waals surface area contributed by atoms with Crippen LogP contribution in [-0.2, 0) is 13.2 Å². The zero-order chi connectivity index (χ0) is 17.1. The highest BCUT2D eigenvalue weighted by Gasteiger charge is 2.10. The summed E-state index contributed by atoms with van der Waals surface area (Å²) in [6.07, 6.45) is 0. The van der Waals surface area contributed by atoms with Gasteiger partial charge in [-0.3, -0.25) is 9.36 Å². The van der Waals surface area contributed by atoms with Crippen molar-refractivity contribution in [2.24, 2.45) is 0 Å². The minimum absolute atomic E-state index is 0.0547. The summed E-state index contributed by atoms with van der Waals surface area (Å²) in [5.41, 5.74) is 3.09. The van der Waals surface area contributed by atoms with Gasteiger partial charge in [-0.05, 0) is 23.8 Å². The second-order valence-corrected chi connectivity index (χ2v) is 6.80. The molecule has 0 N–H and O–H groups in total. The van der Waals surface area contributed by atoms with Crippen molar-refractivity contribution in [2.75, 3.05) is 0 Å². The van der Waals surface area contributed by atoms with Crippen LogP contribution in [-0.4, -0.2) is 4.57 Å². The van der Waals surface area contributed by atoms with E-state index in [1.807, 2.05) is 83.4 Å². The number of aromatic nitrogens is 1. The molecule has 25 heavy (non-hydrogen) atoms. The highest BCUT2D eigenvalue weighted by Crippen LogP contribution is 2.23. The van der Waals surface area contributed by atoms with Crippen molar-refractivity contribution in [3.8, 4) is 5.75 Å². The third kappa shape index (κ3) is 3.35. The summed E-state index contributed by atoms with van der Waals surface area (Å²) >= 11 is 1.28. The number of nitrogens with zero attached hydrogens (tertiary/aromatic N) is 1. The average Bonchev–Trinajstić information content (AvgIpc) is 2.97. The normalized spacial score (nSPS) is 10.9. The zero-order valence-electron chi connectivity index (χ0n) is 13.6. The first-order valence-electron chi connectivity index (χ1n) is 8.14. The second-order valence-electron chi connectivity index (χ2n) is 5.80. The molecular weight excluding hydrogens is 330 g/mol. The third-order valence-corrected chi connectivity index (χ3v) is 5.07. The van der Waals surface area contributed by atoms with Crippen LogP contribution in [0.15, 0.2) is 83.7 Å². The molecule has 0 bridgehead atoms. The van der Waals surface area contributed by atoms with E-state index < -0.39 is 0 Å². The lowest BCUT2D eigenvalue weighted by atomic mass is 10.2. The summed E-state index contributed by atoms with van der Waals surface area (Å²) in [6, 6.07) is 25.9. The number of para-hydroxylation sites is 2. The smallest absolute Gasteiger partial charge is 0.308 e. The number of rotatable bonds is 5. The number of ether oxygens (including phenoxy) is 1. The number of hydrogen-bond acceptors (Lipinski definition) is 3. The van der Waals surface area contributed by atoms with E-state index >= 15 is 0 Å². The Kier molecular flexibility index (Phi) is 4.36. The van der Waals surface area contributed by atoms with Crippen LogP contribution in [0.5, 0.6) is 5.75 Å². The Labute approximate surface area is 149 Å². The second kappa shape index (κ2) is 6.95. The molecule has 1 aromatic heterocycles. The number of hydrogen-bond donors (Lipinski definition) is 0. The van der Waals surface area contributed by atoms with Gasteiger partial charge in [-0.25, -0.2) is 0 Å². The molecule has 0 spiro atoms. The van der Waals surface area contributed by atoms with Crippen LogP contribution in [0.3, 0.4) is 0 Å². The fourth-order valence-electron chi connectivity index (χ4n) is 2.84. The number of benzene rings is 3. The maximum Gasteiger partial charge on any atom is 0.308 e. The summed E-state index contributed by atoms with van der Waals surface area (Å²) in [5.74, 6) is 0.813. The van der Waals surface area contributed by atoms with Crippen molar-refractivity contribution >= 4 is 21.6 Å². The lowest BCUT2D eigenvalue weighted by Gasteiger charge is -2.12. The van der Waals surface area contributed by atoms with Gasteiger partial charge in [-0.15, -0.1) is 0 Å². The van der Waals surface area contributed by atoms with Gasteiger partial charge in [0.2, 0.25) is 0 Å². The topological polar surface area (TPSA) is 31.2 Å². The molecular formula is C21H17NO2S. The predicted molar refractivity (Wildman–Crippen MR) is 102 cm³/mol. The minimum Gasteiger partial charge on any atom is -0.489 e. The summed E-state index contributed by atoms with van der Waals surface area (Å²) in [4.78, 5) is 12.4. The minimum atomic E-state index is 0.0547. The number of thiazole rings is 1. The summed E-state index contributed by atoms with van der Waals surface area (Å²) in [5, 5.41) is 0. The van der Waals surface area contributed by atoms with Gasteiger partial charge in [0, 0.05) is 5.56 Å². The molecule has 4 heteroatoms. The van der Waals surface area contributed by atoms with Gasteiger partial charge in [0.05, 0.1) is 16.8 Å². The van der Waals surface area contributed by atoms with Crippen LogP contribution in [0.1, 0.15) is 11.1 Å². The van der Waals surface area contributed by atoms with Gasteiger partial charge in [-0.2, -0.15) is 0 Å². The average molecular weight is 347 g/mol. The van der Waals surface area contributed by atoms with E-state index in [4.69, 9.17) is 4.74 Å². The summed E-state index contributed by atoms with van der Waals surface area (Å²) < 4.78 is 8.83. The highest BCUT2D eigenvalue weighted by molar-refractivity contribution is 7.16. The monoisotopic (exact) mass is 347 g/mol. The maximum atomic E-state index is 12.4. The van der Waals surface area contributed by atoms with Crippen LogP contribution in [0, 0.1) is 0 Å². The van der Waals surface area contributed by atoms with Crippen molar-refractivity contribution in [1.29, 1.82) is 0 Å². The largest absolute Gasteiger partial charge is 0.489 e. The van der Waals surface area contributed by atoms with E-state index in [1.165, 1.54) is 11.3 Å². The summed E-state index contributed by atoms with van der Waals surface area (Å²) in [7, 11) is 0. The lowest BCUT2D eigenvalue weighted by molar-refractivity contribution is 0.302. The van der Waals surface area contributed by atoms with Crippen molar-refractivity contribution < 1.29 is 4.74 Å². The van der Waals surface area contributed by atoms with Crippen LogP contribution in [0.25, 0.3) is 10.2 Å². The first-order valence-corrected chi connectivity index (χ1v) is 8.96. The molecule has 0 unspecified atom stereocenters. The van der Waals surface area contributed by atoms with Gasteiger partial charge in [0.1, 0.15) is 12.4 Å². The Hall–Kier alpha value is -2.85. The van der Waals surface area contributed by atoms with E-state index in [0.29, 0.717) is 13.2 Å². The van der Waals surface area contributed by atoms with Gasteiger partial charge >= 0.3 is 4.87 Å². The first-order chi connectivity index (χ1) is 12.3. The predicted octanol–water partition coefficient (Wildman–Crippen LogP) is 4.69. The van der Waals surface area contributed by atoms with E-state index in [2.05, 4.69) is 0 Å². The Bertz CT molecular complexity index is 1050. The maximum absolute atomic E-state index is 12.4. The zero-order valence-corrected chi connectivity index (χ0v) is 14.4. The molecule has 0 saturated heterocycles. The Morgan fingerprint density at radius 3 is 2.44 bits per heavy atom. The molecule has 0 aliphatic heterocycles. The molecule has 4 rings (SSSR count). The third-order valence-electron chi connectivity index (χ3n) is 4.11. The molecule has 1 heterocycles. The van der Waals surface area contributed by atoms with Crippen molar-refractivity contribution in [3.63, 3.8) is 0 Å². The molecule has 0 amide bonds. The van der Waals surface area contributed by atoms with Crippen LogP contribution >= 0.6 is 11.3 Å². The van der Waals surface area contributed by atoms with Gasteiger partial charge in [0.25, 0.3) is 0 Å². The summed E-state index contributed by atoms with van der Waals surface area (Å²) in [6.45, 7) is 1.02.